The zero-order valence-electron chi connectivity index (χ0n) is 47.3. The number of primary amides is 6. The third-order valence-electron chi connectivity index (χ3n) is 18.0. The third-order valence-corrected chi connectivity index (χ3v) is 19.1. The van der Waals surface area contributed by atoms with Gasteiger partial charge in [-0.1, -0.05) is 40.7 Å². The van der Waals surface area contributed by atoms with E-state index in [4.69, 9.17) is 68.5 Å². The second-order valence-electron chi connectivity index (χ2n) is 23.9. The van der Waals surface area contributed by atoms with Crippen LogP contribution in [0.1, 0.15) is 133 Å². The van der Waals surface area contributed by atoms with Gasteiger partial charge in [-0.05, 0) is 81.9 Å². The van der Waals surface area contributed by atoms with Gasteiger partial charge >= 0.3 is 16.8 Å². The van der Waals surface area contributed by atoms with Crippen molar-refractivity contribution in [3.63, 3.8) is 0 Å². The molecule has 6 rings (SSSR count). The standard InChI is InChI=1S/C53H82N11O15P.Co/c1-24(78-80(75,76)79-44-32(23-65)77-48(74)43(44)73)22-60-40(72)16-17-50(6)30(18-37(57)69)47-53(9)52(8,21-39(59)71)29(12-15-36(56)68)42(64-53)26(3)46-51(7,20-38(58)70)27(10-13-34(54)66)31(61-46)19-33-49(4,5)28(11-14-35(55)67)41(62-33)25(2)45(50)63-47;/h19,24,27-30,32,43-44,47-48,65,73-74H,10-18,20-23H2,1-9H3,(H15,54,55,56,57,58,59,60,61,62,63,64,66,67,68,69,70,71,72,75,76);/q;+2/p-2/t24-,27+,28+,29+,30-,32+,43+,44-,47+,48-,50+,51-,52-,53-;/m0./s1. The molecule has 0 aromatic heterocycles. The summed E-state index contributed by atoms with van der Waals surface area (Å²) in [5, 5.41) is 37.9. The quantitative estimate of drug-likeness (QED) is 0.0556. The number of rotatable bonds is 25. The molecule has 15 atom stereocenters. The Labute approximate surface area is 481 Å². The number of amides is 7. The van der Waals surface area contributed by atoms with Gasteiger partial charge in [0, 0.05) is 108 Å². The maximum Gasteiger partial charge on any atom is 2.00 e. The number of nitrogens with zero attached hydrogens (tertiary/aromatic N) is 4. The first-order valence-corrected chi connectivity index (χ1v) is 28.3. The summed E-state index contributed by atoms with van der Waals surface area (Å²) in [6.45, 7) is 14.9. The Morgan fingerprint density at radius 1 is 0.790 bits per heavy atom. The van der Waals surface area contributed by atoms with Crippen LogP contribution in [0.25, 0.3) is 5.32 Å². The second-order valence-corrected chi connectivity index (χ2v) is 25.2. The number of nitrogens with one attached hydrogen (secondary N) is 1. The zero-order chi connectivity index (χ0) is 60.0. The molecule has 0 spiro atoms. The van der Waals surface area contributed by atoms with Gasteiger partial charge in [0.05, 0.1) is 23.9 Å². The number of fused-ring (bicyclic) bond motifs is 6. The van der Waals surface area contributed by atoms with E-state index in [0.29, 0.717) is 45.4 Å². The Hall–Kier alpha value is -5.22. The van der Waals surface area contributed by atoms with Gasteiger partial charge < -0.3 is 79.0 Å². The number of aliphatic hydroxyl groups is 3. The zero-order valence-corrected chi connectivity index (χ0v) is 49.3. The van der Waals surface area contributed by atoms with Crippen LogP contribution in [0.4, 0.5) is 0 Å². The molecule has 0 aliphatic carbocycles. The average Bonchev–Trinajstić information content (AvgIpc) is 4.26. The molecule has 28 heteroatoms. The number of phosphoric ester groups is 1. The van der Waals surface area contributed by atoms with Crippen molar-refractivity contribution >= 4 is 66.3 Å². The maximum atomic E-state index is 14.1. The van der Waals surface area contributed by atoms with Crippen LogP contribution in [0, 0.1) is 45.3 Å². The van der Waals surface area contributed by atoms with E-state index in [1.165, 1.54) is 6.92 Å². The molecule has 1 radical (unpaired) electrons. The van der Waals surface area contributed by atoms with Crippen molar-refractivity contribution in [2.75, 3.05) is 13.2 Å². The number of phosphoric acid groups is 1. The predicted molar refractivity (Wildman–Crippen MR) is 289 cm³/mol. The average molecular weight is 1200 g/mol. The van der Waals surface area contributed by atoms with Crippen LogP contribution in [0.2, 0.25) is 0 Å². The van der Waals surface area contributed by atoms with Gasteiger partial charge in [-0.15, -0.1) is 0 Å². The monoisotopic (exact) mass is 1200 g/mol. The Kier molecular flexibility index (Phi) is 20.5. The minimum absolute atomic E-state index is 0. The Bertz CT molecular complexity index is 2800. The van der Waals surface area contributed by atoms with Crippen molar-refractivity contribution in [2.45, 2.75) is 175 Å². The molecule has 6 aliphatic rings. The predicted octanol–water partition coefficient (Wildman–Crippen LogP) is 0.466. The van der Waals surface area contributed by atoms with E-state index in [-0.39, 0.29) is 94.0 Å². The Morgan fingerprint density at radius 2 is 1.36 bits per heavy atom. The number of carbonyl (C=O) groups excluding carboxylic acids is 7. The molecular weight excluding hydrogens is 1120 g/mol. The number of hydrogen-bond donors (Lipinski definition) is 10. The molecular formula is C53H80CoN11O15P. The van der Waals surface area contributed by atoms with E-state index >= 15 is 0 Å². The number of ether oxygens (including phenoxy) is 1. The molecule has 16 N–H and O–H groups in total. The van der Waals surface area contributed by atoms with Crippen molar-refractivity contribution in [1.82, 2.24) is 5.32 Å². The molecule has 0 aromatic rings. The number of aliphatic hydroxyl groups excluding tert-OH is 3. The molecule has 451 valence electrons. The van der Waals surface area contributed by atoms with Gasteiger partial charge in [0.1, 0.15) is 18.3 Å². The first-order valence-electron chi connectivity index (χ1n) is 26.9. The SMILES string of the molecule is C/C1=C2/[N-][C@H]([C@H](CC(N)=O)[C@@]2(C)CCC(=O)NC[C@H](C)OP(=O)([O-])O[C@@H]2[C@@H](O)[C@@H](O)O[C@@H]2CO)[C@]2(C)N=C(/C(C)=C3\N=C(C=C4N=C1[C@@H](CCC(N)=O)C4(C)C)[C@@H](CCC(N)=O)[C@]3(C)CC(N)=O)[C@@H](CCC(N)=O)[C@]2(C)CC(N)=O.[Co+2]. The first-order chi connectivity index (χ1) is 37.0. The summed E-state index contributed by atoms with van der Waals surface area (Å²) in [6.07, 6.45) is -7.30. The fourth-order valence-electron chi connectivity index (χ4n) is 13.6. The van der Waals surface area contributed by atoms with Gasteiger partial charge in [0.25, 0.3) is 7.82 Å². The second kappa shape index (κ2) is 24.9. The smallest absolute Gasteiger partial charge is 0.756 e. The fourth-order valence-corrected chi connectivity index (χ4v) is 14.7. The number of nitrogens with two attached hydrogens (primary N) is 6. The van der Waals surface area contributed by atoms with E-state index in [9.17, 15) is 58.3 Å². The van der Waals surface area contributed by atoms with Crippen LogP contribution in [0.5, 0.6) is 0 Å². The van der Waals surface area contributed by atoms with Crippen LogP contribution >= 0.6 is 7.82 Å². The van der Waals surface area contributed by atoms with E-state index in [1.54, 1.807) is 20.8 Å². The number of hydrogen-bond acceptors (Lipinski definition) is 18. The molecule has 8 bridgehead atoms. The summed E-state index contributed by atoms with van der Waals surface area (Å²) in [7, 11) is -5.27. The summed E-state index contributed by atoms with van der Waals surface area (Å²) < 4.78 is 28.0. The molecule has 7 amide bonds. The van der Waals surface area contributed by atoms with Gasteiger partial charge in [-0.2, -0.15) is 5.70 Å². The van der Waals surface area contributed by atoms with Crippen LogP contribution in [0.15, 0.2) is 49.3 Å². The normalized spacial score (nSPS) is 35.8. The van der Waals surface area contributed by atoms with Crippen LogP contribution in [-0.4, -0.2) is 129 Å². The Balaban J connectivity index is 0.0000120. The molecule has 2 saturated heterocycles. The van der Waals surface area contributed by atoms with Crippen molar-refractivity contribution in [3.8, 4) is 0 Å². The van der Waals surface area contributed by atoms with E-state index < -0.39 is 143 Å². The minimum atomic E-state index is -5.27. The molecule has 0 saturated carbocycles. The van der Waals surface area contributed by atoms with Crippen LogP contribution in [-0.2, 0) is 68.7 Å². The van der Waals surface area contributed by atoms with Crippen LogP contribution in [0.3, 0.4) is 0 Å². The van der Waals surface area contributed by atoms with Crippen molar-refractivity contribution in [3.05, 3.63) is 39.6 Å². The van der Waals surface area contributed by atoms with Crippen molar-refractivity contribution in [2.24, 2.45) is 94.7 Å². The van der Waals surface area contributed by atoms with E-state index in [2.05, 4.69) is 5.32 Å². The molecule has 6 heterocycles. The fraction of sp³-hybridized carbons (Fsp3) is 0.698. The number of allylic oxidation sites excluding steroid dienone is 6. The van der Waals surface area contributed by atoms with Crippen LogP contribution < -0.4 is 44.6 Å². The first kappa shape index (κ1) is 66.6. The van der Waals surface area contributed by atoms with E-state index in [0.717, 1.165) is 0 Å². The number of aliphatic imine (C=N–C) groups is 3. The summed E-state index contributed by atoms with van der Waals surface area (Å²) >= 11 is 0. The van der Waals surface area contributed by atoms with Gasteiger partial charge in [0.15, 0.2) is 6.29 Å². The molecule has 0 aromatic carbocycles. The van der Waals surface area contributed by atoms with Gasteiger partial charge in [-0.25, -0.2) is 0 Å². The molecule has 81 heavy (non-hydrogen) atoms. The summed E-state index contributed by atoms with van der Waals surface area (Å²) in [5.41, 5.74) is 33.3. The van der Waals surface area contributed by atoms with Gasteiger partial charge in [-0.3, -0.25) is 53.1 Å². The minimum Gasteiger partial charge on any atom is -0.756 e. The summed E-state index contributed by atoms with van der Waals surface area (Å²) in [4.78, 5) is 122. The Morgan fingerprint density at radius 3 is 1.90 bits per heavy atom. The topological polar surface area (TPSA) is 467 Å². The number of carbonyl (C=O) groups is 7. The van der Waals surface area contributed by atoms with Crippen molar-refractivity contribution in [1.29, 1.82) is 0 Å². The van der Waals surface area contributed by atoms with Crippen molar-refractivity contribution < 1.29 is 88.9 Å². The molecule has 6 aliphatic heterocycles. The summed E-state index contributed by atoms with van der Waals surface area (Å²) in [6, 6.07) is -1.05. The van der Waals surface area contributed by atoms with Gasteiger partial charge in [0.2, 0.25) is 41.4 Å². The molecule has 26 nitrogen and oxygen atoms in total. The summed E-state index contributed by atoms with van der Waals surface area (Å²) in [5.74, 6) is -7.43. The molecule has 1 unspecified atom stereocenters. The maximum absolute atomic E-state index is 14.1. The largest absolute Gasteiger partial charge is 2.00 e. The van der Waals surface area contributed by atoms with E-state index in [1.807, 2.05) is 40.7 Å². The molecule has 2 fully saturated rings. The third kappa shape index (κ3) is 13.3.